The standard InChI is InChI=1S/C26H28N6O3/c1-3-31-14-6-8-18(31)16-28-25(33)20-17-29-32(24(20)23-11-7-15-35-23)26-27-13-12-21(30-26)19-9-4-5-10-22(19)34-2/h4-5,7,9-13,15,17-18H,3,6,8,14,16H2,1-2H3,(H,28,33)/t18-/m1/s1. The van der Waals surface area contributed by atoms with Crippen LogP contribution in [0.3, 0.4) is 0 Å². The maximum Gasteiger partial charge on any atom is 0.255 e. The molecule has 1 amide bonds. The molecule has 1 aliphatic heterocycles. The van der Waals surface area contributed by atoms with E-state index in [1.54, 1.807) is 42.6 Å². The van der Waals surface area contributed by atoms with E-state index < -0.39 is 0 Å². The van der Waals surface area contributed by atoms with Crippen molar-refractivity contribution in [2.75, 3.05) is 26.7 Å². The summed E-state index contributed by atoms with van der Waals surface area (Å²) in [7, 11) is 1.62. The number of nitrogens with zero attached hydrogens (tertiary/aromatic N) is 5. The second-order valence-corrected chi connectivity index (χ2v) is 8.37. The summed E-state index contributed by atoms with van der Waals surface area (Å²) in [4.78, 5) is 24.8. The monoisotopic (exact) mass is 472 g/mol. The molecule has 4 aromatic rings. The topological polar surface area (TPSA) is 98.3 Å². The molecule has 1 atom stereocenters. The molecular weight excluding hydrogens is 444 g/mol. The van der Waals surface area contributed by atoms with E-state index in [0.29, 0.717) is 47.0 Å². The van der Waals surface area contributed by atoms with E-state index in [-0.39, 0.29) is 5.91 Å². The van der Waals surface area contributed by atoms with Gasteiger partial charge in [0.25, 0.3) is 11.9 Å². The molecule has 1 saturated heterocycles. The SMILES string of the molecule is CCN1CCC[C@@H]1CNC(=O)c1cnn(-c2nccc(-c3ccccc3OC)n2)c1-c1ccco1. The van der Waals surface area contributed by atoms with E-state index >= 15 is 0 Å². The van der Waals surface area contributed by atoms with Gasteiger partial charge < -0.3 is 14.5 Å². The van der Waals surface area contributed by atoms with E-state index in [9.17, 15) is 4.79 Å². The number of carbonyl (C=O) groups excluding carboxylic acids is 1. The number of ether oxygens (including phenoxy) is 1. The number of furan rings is 1. The van der Waals surface area contributed by atoms with Gasteiger partial charge in [0.05, 0.1) is 30.8 Å². The minimum atomic E-state index is -0.202. The molecule has 0 spiro atoms. The lowest BCUT2D eigenvalue weighted by molar-refractivity contribution is 0.0942. The van der Waals surface area contributed by atoms with E-state index in [1.807, 2.05) is 30.3 Å². The lowest BCUT2D eigenvalue weighted by atomic mass is 10.1. The average Bonchev–Trinajstić information content (AvgIpc) is 3.67. The highest BCUT2D eigenvalue weighted by Gasteiger charge is 2.26. The fourth-order valence-corrected chi connectivity index (χ4v) is 4.62. The summed E-state index contributed by atoms with van der Waals surface area (Å²) in [6, 6.07) is 13.4. The number of aromatic nitrogens is 4. The average molecular weight is 473 g/mol. The maximum atomic E-state index is 13.2. The number of carbonyl (C=O) groups is 1. The van der Waals surface area contributed by atoms with Gasteiger partial charge in [0.2, 0.25) is 0 Å². The first kappa shape index (κ1) is 22.8. The van der Waals surface area contributed by atoms with Gasteiger partial charge in [-0.25, -0.2) is 9.97 Å². The van der Waals surface area contributed by atoms with Crippen LogP contribution in [0.15, 0.2) is 65.5 Å². The van der Waals surface area contributed by atoms with Crippen LogP contribution in [0, 0.1) is 0 Å². The largest absolute Gasteiger partial charge is 0.496 e. The quantitative estimate of drug-likeness (QED) is 0.416. The van der Waals surface area contributed by atoms with Crippen LogP contribution in [-0.4, -0.2) is 63.3 Å². The third-order valence-electron chi connectivity index (χ3n) is 6.39. The van der Waals surface area contributed by atoms with Gasteiger partial charge in [-0.1, -0.05) is 19.1 Å². The second kappa shape index (κ2) is 10.1. The predicted molar refractivity (Wildman–Crippen MR) is 131 cm³/mol. The summed E-state index contributed by atoms with van der Waals surface area (Å²) in [5.41, 5.74) is 2.43. The van der Waals surface area contributed by atoms with Crippen molar-refractivity contribution in [3.05, 3.63) is 66.7 Å². The molecule has 35 heavy (non-hydrogen) atoms. The molecule has 5 rings (SSSR count). The highest BCUT2D eigenvalue weighted by Crippen LogP contribution is 2.30. The molecule has 1 fully saturated rings. The van der Waals surface area contributed by atoms with Crippen molar-refractivity contribution in [1.82, 2.24) is 30.0 Å². The van der Waals surface area contributed by atoms with Gasteiger partial charge in [0.15, 0.2) is 5.76 Å². The van der Waals surface area contributed by atoms with E-state index in [1.165, 1.54) is 0 Å². The number of likely N-dealkylation sites (N-methyl/N-ethyl adjacent to an activating group) is 1. The molecule has 9 nitrogen and oxygen atoms in total. The molecule has 1 aliphatic rings. The Bertz CT molecular complexity index is 1300. The minimum absolute atomic E-state index is 0.202. The van der Waals surface area contributed by atoms with Crippen LogP contribution >= 0.6 is 0 Å². The zero-order valence-corrected chi connectivity index (χ0v) is 19.8. The Labute approximate surface area is 203 Å². The summed E-state index contributed by atoms with van der Waals surface area (Å²) in [5.74, 6) is 1.34. The predicted octanol–water partition coefficient (Wildman–Crippen LogP) is 3.81. The van der Waals surface area contributed by atoms with Crippen LogP contribution in [0.5, 0.6) is 5.75 Å². The van der Waals surface area contributed by atoms with Gasteiger partial charge in [-0.15, -0.1) is 0 Å². The van der Waals surface area contributed by atoms with Gasteiger partial charge in [-0.2, -0.15) is 9.78 Å². The highest BCUT2D eigenvalue weighted by molar-refractivity contribution is 5.99. The molecule has 180 valence electrons. The van der Waals surface area contributed by atoms with E-state index in [4.69, 9.17) is 14.1 Å². The first-order valence-electron chi connectivity index (χ1n) is 11.8. The van der Waals surface area contributed by atoms with Crippen molar-refractivity contribution in [2.24, 2.45) is 0 Å². The third-order valence-corrected chi connectivity index (χ3v) is 6.39. The highest BCUT2D eigenvalue weighted by atomic mass is 16.5. The molecule has 3 aromatic heterocycles. The molecule has 0 bridgehead atoms. The maximum absolute atomic E-state index is 13.2. The van der Waals surface area contributed by atoms with Crippen molar-refractivity contribution >= 4 is 5.91 Å². The summed E-state index contributed by atoms with van der Waals surface area (Å²) >= 11 is 0. The number of benzene rings is 1. The van der Waals surface area contributed by atoms with Crippen LogP contribution in [0.25, 0.3) is 28.7 Å². The Hall–Kier alpha value is -3.98. The van der Waals surface area contributed by atoms with Gasteiger partial charge in [0, 0.05) is 24.3 Å². The molecule has 0 unspecified atom stereocenters. The smallest absolute Gasteiger partial charge is 0.255 e. The van der Waals surface area contributed by atoms with Gasteiger partial charge in [-0.05, 0) is 56.3 Å². The Morgan fingerprint density at radius 3 is 2.91 bits per heavy atom. The number of hydrogen-bond donors (Lipinski definition) is 1. The number of amides is 1. The van der Waals surface area contributed by atoms with Crippen LogP contribution in [0.2, 0.25) is 0 Å². The summed E-state index contributed by atoms with van der Waals surface area (Å²) in [5, 5.41) is 7.57. The van der Waals surface area contributed by atoms with Crippen molar-refractivity contribution in [2.45, 2.75) is 25.8 Å². The van der Waals surface area contributed by atoms with Gasteiger partial charge in [-0.3, -0.25) is 9.69 Å². The zero-order chi connectivity index (χ0) is 24.2. The van der Waals surface area contributed by atoms with Gasteiger partial charge in [0.1, 0.15) is 11.4 Å². The summed E-state index contributed by atoms with van der Waals surface area (Å²) < 4.78 is 12.7. The number of rotatable bonds is 8. The molecule has 1 N–H and O–H groups in total. The van der Waals surface area contributed by atoms with Gasteiger partial charge >= 0.3 is 0 Å². The number of hydrogen-bond acceptors (Lipinski definition) is 7. The van der Waals surface area contributed by atoms with Crippen LogP contribution in [0.1, 0.15) is 30.1 Å². The van der Waals surface area contributed by atoms with Crippen molar-refractivity contribution in [1.29, 1.82) is 0 Å². The van der Waals surface area contributed by atoms with Crippen molar-refractivity contribution in [3.8, 4) is 34.4 Å². The Kier molecular flexibility index (Phi) is 6.58. The molecule has 9 heteroatoms. The lowest BCUT2D eigenvalue weighted by Crippen LogP contribution is -2.40. The number of nitrogens with one attached hydrogen (secondary N) is 1. The molecule has 0 aliphatic carbocycles. The minimum Gasteiger partial charge on any atom is -0.496 e. The number of methoxy groups -OCH3 is 1. The van der Waals surface area contributed by atoms with Crippen molar-refractivity contribution < 1.29 is 13.9 Å². The molecular formula is C26H28N6O3. The fraction of sp³-hybridized carbons (Fsp3) is 0.308. The third kappa shape index (κ3) is 4.54. The fourth-order valence-electron chi connectivity index (χ4n) is 4.62. The second-order valence-electron chi connectivity index (χ2n) is 8.37. The molecule has 1 aromatic carbocycles. The van der Waals surface area contributed by atoms with E-state index in [0.717, 1.165) is 31.5 Å². The van der Waals surface area contributed by atoms with Crippen molar-refractivity contribution in [3.63, 3.8) is 0 Å². The summed E-state index contributed by atoms with van der Waals surface area (Å²) in [6.07, 6.45) is 7.01. The first-order valence-corrected chi connectivity index (χ1v) is 11.8. The molecule has 0 radical (unpaired) electrons. The Morgan fingerprint density at radius 2 is 2.11 bits per heavy atom. The van der Waals surface area contributed by atoms with E-state index in [2.05, 4.69) is 27.2 Å². The zero-order valence-electron chi connectivity index (χ0n) is 19.8. The van der Waals surface area contributed by atoms with Crippen LogP contribution in [-0.2, 0) is 0 Å². The Balaban J connectivity index is 1.48. The number of likely N-dealkylation sites (tertiary alicyclic amines) is 1. The van der Waals surface area contributed by atoms with Crippen LogP contribution < -0.4 is 10.1 Å². The number of para-hydroxylation sites is 1. The normalized spacial score (nSPS) is 15.9. The van der Waals surface area contributed by atoms with Crippen LogP contribution in [0.4, 0.5) is 0 Å². The first-order chi connectivity index (χ1) is 17.2. The lowest BCUT2D eigenvalue weighted by Gasteiger charge is -2.22. The summed E-state index contributed by atoms with van der Waals surface area (Å²) in [6.45, 7) is 4.80. The molecule has 4 heterocycles. The molecule has 0 saturated carbocycles. The Morgan fingerprint density at radius 1 is 1.23 bits per heavy atom.